The normalized spacial score (nSPS) is 22.8. The van der Waals surface area contributed by atoms with E-state index in [0.29, 0.717) is 12.1 Å². The smallest absolute Gasteiger partial charge is 0.226 e. The van der Waals surface area contributed by atoms with Gasteiger partial charge in [0.2, 0.25) is 5.91 Å². The maximum atomic E-state index is 13.5. The van der Waals surface area contributed by atoms with Crippen molar-refractivity contribution in [3.63, 3.8) is 0 Å². The van der Waals surface area contributed by atoms with Crippen molar-refractivity contribution in [2.75, 3.05) is 16.8 Å². The van der Waals surface area contributed by atoms with Gasteiger partial charge in [0.15, 0.2) is 0 Å². The number of benzene rings is 1. The molecule has 2 heterocycles. The molecule has 3 nitrogen and oxygen atoms in total. The summed E-state index contributed by atoms with van der Waals surface area (Å²) in [5, 5.41) is 2.83. The zero-order valence-electron chi connectivity index (χ0n) is 9.17. The summed E-state index contributed by atoms with van der Waals surface area (Å²) < 4.78 is 13.5. The standard InChI is InChI=1S/C12H12ClFN2O/c13-8-5-10-11(6-9(8)14)16-3-1-2-7(16)4-12(17)15-10/h5-7H,1-4H2,(H,15,17). The first kappa shape index (κ1) is 10.8. The summed E-state index contributed by atoms with van der Waals surface area (Å²) in [6, 6.07) is 3.10. The van der Waals surface area contributed by atoms with Gasteiger partial charge in [-0.3, -0.25) is 4.79 Å². The van der Waals surface area contributed by atoms with Gasteiger partial charge in [0.05, 0.1) is 16.4 Å². The number of halogens is 2. The van der Waals surface area contributed by atoms with Crippen molar-refractivity contribution >= 4 is 28.9 Å². The molecule has 2 aliphatic heterocycles. The van der Waals surface area contributed by atoms with E-state index >= 15 is 0 Å². The minimum atomic E-state index is -0.438. The Bertz CT molecular complexity index is 492. The summed E-state index contributed by atoms with van der Waals surface area (Å²) in [6.07, 6.45) is 2.49. The summed E-state index contributed by atoms with van der Waals surface area (Å²) in [6.45, 7) is 0.869. The lowest BCUT2D eigenvalue weighted by molar-refractivity contribution is -0.116. The van der Waals surface area contributed by atoms with E-state index in [0.717, 1.165) is 25.1 Å². The third-order valence-corrected chi connectivity index (χ3v) is 3.71. The van der Waals surface area contributed by atoms with Crippen molar-refractivity contribution < 1.29 is 9.18 Å². The fraction of sp³-hybridized carbons (Fsp3) is 0.417. The molecule has 90 valence electrons. The van der Waals surface area contributed by atoms with Crippen LogP contribution in [0.2, 0.25) is 5.02 Å². The van der Waals surface area contributed by atoms with Crippen LogP contribution in [-0.2, 0) is 4.79 Å². The summed E-state index contributed by atoms with van der Waals surface area (Å²) in [4.78, 5) is 13.8. The van der Waals surface area contributed by atoms with E-state index in [4.69, 9.17) is 11.6 Å². The van der Waals surface area contributed by atoms with E-state index < -0.39 is 5.82 Å². The molecule has 1 N–H and O–H groups in total. The molecular formula is C12H12ClFN2O. The molecule has 1 unspecified atom stereocenters. The molecule has 0 aliphatic carbocycles. The lowest BCUT2D eigenvalue weighted by Crippen LogP contribution is -2.29. The second-order valence-corrected chi connectivity index (χ2v) is 4.93. The van der Waals surface area contributed by atoms with Crippen LogP contribution in [0.15, 0.2) is 12.1 Å². The van der Waals surface area contributed by atoms with Crippen molar-refractivity contribution in [1.29, 1.82) is 0 Å². The molecule has 1 amide bonds. The number of amides is 1. The first-order valence-electron chi connectivity index (χ1n) is 5.70. The molecule has 0 bridgehead atoms. The lowest BCUT2D eigenvalue weighted by atomic mass is 10.1. The lowest BCUT2D eigenvalue weighted by Gasteiger charge is -2.25. The van der Waals surface area contributed by atoms with Crippen LogP contribution in [0.3, 0.4) is 0 Å². The predicted octanol–water partition coefficient (Wildman–Crippen LogP) is 2.79. The minimum Gasteiger partial charge on any atom is -0.366 e. The quantitative estimate of drug-likeness (QED) is 0.772. The predicted molar refractivity (Wildman–Crippen MR) is 65.0 cm³/mol. The monoisotopic (exact) mass is 254 g/mol. The Labute approximate surface area is 104 Å². The van der Waals surface area contributed by atoms with Crippen molar-refractivity contribution in [1.82, 2.24) is 0 Å². The number of nitrogens with zero attached hydrogens (tertiary/aromatic N) is 1. The first-order valence-corrected chi connectivity index (χ1v) is 6.08. The maximum Gasteiger partial charge on any atom is 0.226 e. The average molecular weight is 255 g/mol. The average Bonchev–Trinajstić information content (AvgIpc) is 2.66. The number of anilines is 2. The van der Waals surface area contributed by atoms with Gasteiger partial charge in [-0.1, -0.05) is 11.6 Å². The van der Waals surface area contributed by atoms with Crippen LogP contribution >= 0.6 is 11.6 Å². The Kier molecular flexibility index (Phi) is 2.47. The highest BCUT2D eigenvalue weighted by atomic mass is 35.5. The molecule has 0 radical (unpaired) electrons. The van der Waals surface area contributed by atoms with Gasteiger partial charge in [0, 0.05) is 25.1 Å². The van der Waals surface area contributed by atoms with Crippen LogP contribution in [0.4, 0.5) is 15.8 Å². The zero-order chi connectivity index (χ0) is 12.0. The van der Waals surface area contributed by atoms with Gasteiger partial charge in [-0.15, -0.1) is 0 Å². The van der Waals surface area contributed by atoms with Gasteiger partial charge < -0.3 is 10.2 Å². The molecule has 2 aliphatic rings. The first-order chi connectivity index (χ1) is 8.15. The van der Waals surface area contributed by atoms with Crippen molar-refractivity contribution in [3.05, 3.63) is 23.0 Å². The Balaban J connectivity index is 2.13. The van der Waals surface area contributed by atoms with Crippen molar-refractivity contribution in [2.24, 2.45) is 0 Å². The molecular weight excluding hydrogens is 243 g/mol. The Morgan fingerprint density at radius 1 is 1.47 bits per heavy atom. The van der Waals surface area contributed by atoms with Crippen LogP contribution in [0, 0.1) is 5.82 Å². The highest BCUT2D eigenvalue weighted by Gasteiger charge is 2.32. The number of hydrogen-bond acceptors (Lipinski definition) is 2. The fourth-order valence-electron chi connectivity index (χ4n) is 2.65. The summed E-state index contributed by atoms with van der Waals surface area (Å²) >= 11 is 5.74. The van der Waals surface area contributed by atoms with Gasteiger partial charge in [0.25, 0.3) is 0 Å². The summed E-state index contributed by atoms with van der Waals surface area (Å²) in [7, 11) is 0. The van der Waals surface area contributed by atoms with Crippen LogP contribution < -0.4 is 10.2 Å². The maximum absolute atomic E-state index is 13.5. The SMILES string of the molecule is O=C1CC2CCCN2c2cc(F)c(Cl)cc2N1. The highest BCUT2D eigenvalue weighted by molar-refractivity contribution is 6.31. The van der Waals surface area contributed by atoms with Crippen molar-refractivity contribution in [2.45, 2.75) is 25.3 Å². The van der Waals surface area contributed by atoms with Gasteiger partial charge in [-0.2, -0.15) is 0 Å². The third kappa shape index (κ3) is 1.76. The molecule has 0 spiro atoms. The van der Waals surface area contributed by atoms with E-state index in [1.807, 2.05) is 0 Å². The number of carbonyl (C=O) groups is 1. The van der Waals surface area contributed by atoms with Crippen LogP contribution in [0.1, 0.15) is 19.3 Å². The zero-order valence-corrected chi connectivity index (χ0v) is 9.93. The van der Waals surface area contributed by atoms with Gasteiger partial charge in [-0.25, -0.2) is 4.39 Å². The molecule has 1 fully saturated rings. The molecule has 0 saturated carbocycles. The van der Waals surface area contributed by atoms with Crippen LogP contribution in [0.5, 0.6) is 0 Å². The third-order valence-electron chi connectivity index (χ3n) is 3.42. The molecule has 17 heavy (non-hydrogen) atoms. The van der Waals surface area contributed by atoms with E-state index in [1.54, 1.807) is 0 Å². The summed E-state index contributed by atoms with van der Waals surface area (Å²) in [5.41, 5.74) is 1.37. The molecule has 1 saturated heterocycles. The van der Waals surface area contributed by atoms with E-state index in [-0.39, 0.29) is 17.0 Å². The second-order valence-electron chi connectivity index (χ2n) is 4.53. The molecule has 5 heteroatoms. The highest BCUT2D eigenvalue weighted by Crippen LogP contribution is 2.38. The van der Waals surface area contributed by atoms with Crippen LogP contribution in [-0.4, -0.2) is 18.5 Å². The Morgan fingerprint density at radius 3 is 3.12 bits per heavy atom. The number of rotatable bonds is 0. The van der Waals surface area contributed by atoms with Gasteiger partial charge >= 0.3 is 0 Å². The number of nitrogens with one attached hydrogen (secondary N) is 1. The van der Waals surface area contributed by atoms with Gasteiger partial charge in [0.1, 0.15) is 5.82 Å². The molecule has 1 atom stereocenters. The molecule has 1 aromatic carbocycles. The molecule has 1 aromatic rings. The van der Waals surface area contributed by atoms with E-state index in [1.165, 1.54) is 12.1 Å². The number of fused-ring (bicyclic) bond motifs is 3. The topological polar surface area (TPSA) is 32.3 Å². The minimum absolute atomic E-state index is 0.0247. The Hall–Kier alpha value is -1.29. The van der Waals surface area contributed by atoms with E-state index in [9.17, 15) is 9.18 Å². The molecule has 3 rings (SSSR count). The van der Waals surface area contributed by atoms with E-state index in [2.05, 4.69) is 10.2 Å². The number of hydrogen-bond donors (Lipinski definition) is 1. The molecule has 0 aromatic heterocycles. The largest absolute Gasteiger partial charge is 0.366 e. The van der Waals surface area contributed by atoms with Crippen LogP contribution in [0.25, 0.3) is 0 Å². The fourth-order valence-corrected chi connectivity index (χ4v) is 2.82. The summed E-state index contributed by atoms with van der Waals surface area (Å²) in [5.74, 6) is -0.462. The second kappa shape index (κ2) is 3.88. The van der Waals surface area contributed by atoms with Crippen molar-refractivity contribution in [3.8, 4) is 0 Å². The van der Waals surface area contributed by atoms with Gasteiger partial charge in [-0.05, 0) is 18.9 Å². The Morgan fingerprint density at radius 2 is 2.29 bits per heavy atom. The number of carbonyl (C=O) groups excluding carboxylic acids is 1.